The van der Waals surface area contributed by atoms with Crippen molar-refractivity contribution in [2.24, 2.45) is 5.41 Å². The van der Waals surface area contributed by atoms with Gasteiger partial charge in [-0.2, -0.15) is 0 Å². The molecule has 1 unspecified atom stereocenters. The highest BCUT2D eigenvalue weighted by Crippen LogP contribution is 2.19. The monoisotopic (exact) mass is 284 g/mol. The van der Waals surface area contributed by atoms with E-state index in [4.69, 9.17) is 10.8 Å². The van der Waals surface area contributed by atoms with E-state index in [0.717, 1.165) is 0 Å². The quantitative estimate of drug-likeness (QED) is 0.549. The maximum atomic E-state index is 12.0. The van der Waals surface area contributed by atoms with Gasteiger partial charge in [0.25, 0.3) is 0 Å². The second-order valence-corrected chi connectivity index (χ2v) is 6.87. The van der Waals surface area contributed by atoms with Crippen molar-refractivity contribution in [2.45, 2.75) is 53.2 Å². The van der Waals surface area contributed by atoms with E-state index < -0.39 is 29.2 Å². The molecule has 0 aromatic heterocycles. The first-order chi connectivity index (χ1) is 9.32. The third-order valence-corrected chi connectivity index (χ3v) is 2.46. The van der Waals surface area contributed by atoms with Gasteiger partial charge >= 0.3 is 12.1 Å². The predicted octanol–water partition coefficient (Wildman–Crippen LogP) is 2.75. The lowest BCUT2D eigenvalue weighted by atomic mass is 9.97. The summed E-state index contributed by atoms with van der Waals surface area (Å²) in [4.78, 5) is 25.3. The van der Waals surface area contributed by atoms with E-state index in [1.54, 1.807) is 47.6 Å². The van der Waals surface area contributed by atoms with Gasteiger partial charge in [0, 0.05) is 6.54 Å². The Morgan fingerprint density at radius 3 is 2.35 bits per heavy atom. The van der Waals surface area contributed by atoms with Crippen LogP contribution in [-0.4, -0.2) is 41.7 Å². The molecule has 1 heterocycles. The number of ether oxygens (including phenoxy) is 2. The minimum Gasteiger partial charge on any atom is -0.456 e. The largest absolute Gasteiger partial charge is 0.456 e. The number of carbonyl (C=O) groups is 2. The minimum atomic E-state index is -1.57. The molecule has 0 N–H and O–H groups in total. The van der Waals surface area contributed by atoms with Crippen LogP contribution in [-0.2, 0) is 14.3 Å². The van der Waals surface area contributed by atoms with Gasteiger partial charge in [-0.15, -0.1) is 0 Å². The minimum absolute atomic E-state index is 0.0414. The number of esters is 1. The highest BCUT2D eigenvalue weighted by atomic mass is 16.6. The van der Waals surface area contributed by atoms with Gasteiger partial charge in [-0.25, -0.2) is 4.79 Å². The number of carbonyl (C=O) groups excluding carboxylic acids is 2. The number of nitrogens with zero attached hydrogens (tertiary/aromatic N) is 1. The lowest BCUT2D eigenvalue weighted by Gasteiger charge is -2.31. The third-order valence-electron chi connectivity index (χ3n) is 2.46. The molecule has 0 radical (unpaired) electrons. The van der Waals surface area contributed by atoms with Crippen LogP contribution in [0.5, 0.6) is 0 Å². The average Bonchev–Trinajstić information content (AvgIpc) is 2.24. The molecule has 0 aromatic rings. The summed E-state index contributed by atoms with van der Waals surface area (Å²) in [7, 11) is 0. The van der Waals surface area contributed by atoms with Crippen LogP contribution in [0.15, 0.2) is 12.2 Å². The van der Waals surface area contributed by atoms with Crippen molar-refractivity contribution in [2.75, 3.05) is 13.1 Å². The lowest BCUT2D eigenvalue weighted by molar-refractivity contribution is -0.157. The van der Waals surface area contributed by atoms with Gasteiger partial charge in [0.2, 0.25) is 0 Å². The van der Waals surface area contributed by atoms with E-state index in [0.29, 0.717) is 6.54 Å². The molecule has 114 valence electrons. The molecular formula is C15H25NO4. The van der Waals surface area contributed by atoms with E-state index in [2.05, 4.69) is 0 Å². The topological polar surface area (TPSA) is 55.8 Å². The molecule has 1 amide bonds. The summed E-state index contributed by atoms with van der Waals surface area (Å²) in [5.74, 6) is -0.479. The van der Waals surface area contributed by atoms with Crippen LogP contribution in [0.3, 0.4) is 0 Å². The molecule has 1 rings (SSSR count). The van der Waals surface area contributed by atoms with Gasteiger partial charge in [0.1, 0.15) is 11.7 Å². The molecule has 1 atom stereocenters. The SMILES string of the molecule is [2H]C1(OC(=O)C(C)(C)C)C=CCN(C(=O)OC(C)(C)C)C1. The van der Waals surface area contributed by atoms with Crippen LogP contribution >= 0.6 is 0 Å². The van der Waals surface area contributed by atoms with Crippen molar-refractivity contribution >= 4 is 12.1 Å². The Kier molecular flexibility index (Phi) is 4.35. The highest BCUT2D eigenvalue weighted by Gasteiger charge is 2.30. The molecule has 5 heteroatoms. The van der Waals surface area contributed by atoms with Crippen LogP contribution < -0.4 is 0 Å². The van der Waals surface area contributed by atoms with Gasteiger partial charge in [0.05, 0.1) is 13.3 Å². The zero-order valence-electron chi connectivity index (χ0n) is 14.1. The van der Waals surface area contributed by atoms with E-state index in [9.17, 15) is 9.59 Å². The lowest BCUT2D eigenvalue weighted by Crippen LogP contribution is -2.44. The van der Waals surface area contributed by atoms with Gasteiger partial charge in [0.15, 0.2) is 0 Å². The van der Waals surface area contributed by atoms with Crippen molar-refractivity contribution in [3.63, 3.8) is 0 Å². The third kappa shape index (κ3) is 5.23. The second-order valence-electron chi connectivity index (χ2n) is 6.87. The molecule has 20 heavy (non-hydrogen) atoms. The molecule has 0 fully saturated rings. The van der Waals surface area contributed by atoms with Crippen molar-refractivity contribution in [3.8, 4) is 0 Å². The van der Waals surface area contributed by atoms with E-state index >= 15 is 0 Å². The summed E-state index contributed by atoms with van der Waals surface area (Å²) < 4.78 is 18.7. The Labute approximate surface area is 122 Å². The van der Waals surface area contributed by atoms with E-state index in [1.807, 2.05) is 0 Å². The Bertz CT molecular complexity index is 448. The van der Waals surface area contributed by atoms with E-state index in [1.165, 1.54) is 11.0 Å². The maximum Gasteiger partial charge on any atom is 0.410 e. The molecule has 0 spiro atoms. The first-order valence-corrected chi connectivity index (χ1v) is 6.71. The maximum absolute atomic E-state index is 12.0. The fourth-order valence-electron chi connectivity index (χ4n) is 1.42. The molecule has 0 aliphatic carbocycles. The van der Waals surface area contributed by atoms with Crippen molar-refractivity contribution in [3.05, 3.63) is 12.2 Å². The van der Waals surface area contributed by atoms with Crippen LogP contribution in [0.4, 0.5) is 4.79 Å². The molecule has 1 aliphatic heterocycles. The molecule has 0 bridgehead atoms. The number of hydrogen-bond donors (Lipinski definition) is 0. The van der Waals surface area contributed by atoms with Crippen LogP contribution in [0.2, 0.25) is 0 Å². The van der Waals surface area contributed by atoms with Crippen molar-refractivity contribution in [1.29, 1.82) is 0 Å². The van der Waals surface area contributed by atoms with Gasteiger partial charge in [-0.05, 0) is 47.6 Å². The zero-order valence-corrected chi connectivity index (χ0v) is 13.1. The predicted molar refractivity (Wildman–Crippen MR) is 76.3 cm³/mol. The van der Waals surface area contributed by atoms with Crippen molar-refractivity contribution in [1.82, 2.24) is 4.90 Å². The number of hydrogen-bond acceptors (Lipinski definition) is 4. The normalized spacial score (nSPS) is 24.1. The molecule has 0 saturated heterocycles. The standard InChI is InChI=1S/C15H25NO4/c1-14(2,3)12(17)19-11-8-7-9-16(10-11)13(18)20-15(4,5)6/h7-8,11H,9-10H2,1-6H3/i11D. The molecule has 0 aromatic carbocycles. The Hall–Kier alpha value is -1.52. The van der Waals surface area contributed by atoms with Gasteiger partial charge in [-0.3, -0.25) is 4.79 Å². The van der Waals surface area contributed by atoms with Crippen LogP contribution in [0, 0.1) is 5.41 Å². The van der Waals surface area contributed by atoms with Crippen LogP contribution in [0.25, 0.3) is 0 Å². The second kappa shape index (κ2) is 5.85. The average molecular weight is 284 g/mol. The summed E-state index contributed by atoms with van der Waals surface area (Å²) in [6, 6.07) is 0. The van der Waals surface area contributed by atoms with Crippen molar-refractivity contribution < 1.29 is 20.4 Å². The molecular weight excluding hydrogens is 258 g/mol. The zero-order chi connectivity index (χ0) is 16.5. The Balaban J connectivity index is 2.75. The Morgan fingerprint density at radius 2 is 1.85 bits per heavy atom. The number of amides is 1. The summed E-state index contributed by atoms with van der Waals surface area (Å²) in [5.41, 5.74) is -1.30. The summed E-state index contributed by atoms with van der Waals surface area (Å²) in [5, 5.41) is 0. The smallest absolute Gasteiger partial charge is 0.410 e. The molecule has 1 aliphatic rings. The number of rotatable bonds is 1. The summed E-state index contributed by atoms with van der Waals surface area (Å²) >= 11 is 0. The first kappa shape index (κ1) is 14.9. The van der Waals surface area contributed by atoms with Gasteiger partial charge in [-0.1, -0.05) is 6.08 Å². The fraction of sp³-hybridized carbons (Fsp3) is 0.733. The molecule has 0 saturated carbocycles. The first-order valence-electron chi connectivity index (χ1n) is 7.21. The van der Waals surface area contributed by atoms with Crippen LogP contribution in [0.1, 0.15) is 42.9 Å². The fourth-order valence-corrected chi connectivity index (χ4v) is 1.42. The highest BCUT2D eigenvalue weighted by molar-refractivity contribution is 5.76. The summed E-state index contributed by atoms with van der Waals surface area (Å²) in [6.07, 6.45) is 1.04. The van der Waals surface area contributed by atoms with Gasteiger partial charge < -0.3 is 14.4 Å². The Morgan fingerprint density at radius 1 is 1.25 bits per heavy atom. The summed E-state index contributed by atoms with van der Waals surface area (Å²) in [6.45, 7) is 10.8. The molecule has 5 nitrogen and oxygen atoms in total. The van der Waals surface area contributed by atoms with E-state index in [-0.39, 0.29) is 6.54 Å².